The van der Waals surface area contributed by atoms with Crippen molar-refractivity contribution in [1.82, 2.24) is 4.57 Å². The van der Waals surface area contributed by atoms with Gasteiger partial charge in [-0.1, -0.05) is 33.6 Å². The Morgan fingerprint density at radius 2 is 2.06 bits per heavy atom. The minimum absolute atomic E-state index is 0.0306. The van der Waals surface area contributed by atoms with Gasteiger partial charge in [0.05, 0.1) is 6.54 Å². The maximum Gasteiger partial charge on any atom is 0.251 e. The summed E-state index contributed by atoms with van der Waals surface area (Å²) in [5, 5.41) is 0.699. The van der Waals surface area contributed by atoms with Gasteiger partial charge in [0.25, 0.3) is 5.56 Å². The van der Waals surface area contributed by atoms with Crippen molar-refractivity contribution in [1.29, 1.82) is 0 Å². The van der Waals surface area contributed by atoms with Crippen LogP contribution < -0.4 is 5.56 Å². The quantitative estimate of drug-likeness (QED) is 0.830. The van der Waals surface area contributed by atoms with Gasteiger partial charge in [0.15, 0.2) is 0 Å². The molecule has 0 atom stereocenters. The van der Waals surface area contributed by atoms with Gasteiger partial charge in [0.2, 0.25) is 0 Å². The monoisotopic (exact) mass is 311 g/mol. The molecule has 4 heteroatoms. The van der Waals surface area contributed by atoms with Crippen molar-refractivity contribution in [3.05, 3.63) is 67.5 Å². The number of hydrogen-bond acceptors (Lipinski definition) is 1. The van der Waals surface area contributed by atoms with Crippen LogP contribution in [0.2, 0.25) is 5.02 Å². The summed E-state index contributed by atoms with van der Waals surface area (Å²) in [7, 11) is 0. The van der Waals surface area contributed by atoms with Gasteiger partial charge in [-0.15, -0.1) is 0 Å². The lowest BCUT2D eigenvalue weighted by atomic mass is 10.1. The first kappa shape index (κ1) is 12.4. The van der Waals surface area contributed by atoms with E-state index in [0.717, 1.165) is 15.6 Å². The van der Waals surface area contributed by atoms with Crippen molar-refractivity contribution in [2.24, 2.45) is 0 Å². The van der Waals surface area contributed by atoms with Crippen molar-refractivity contribution in [3.8, 4) is 0 Å². The molecule has 2 nitrogen and oxygen atoms in total. The summed E-state index contributed by atoms with van der Waals surface area (Å²) in [5.74, 6) is 0. The molecule has 2 rings (SSSR count). The molecule has 0 saturated heterocycles. The normalized spacial score (nSPS) is 10.5. The van der Waals surface area contributed by atoms with E-state index in [-0.39, 0.29) is 5.56 Å². The molecular formula is C13H11BrClNO. The molecule has 1 heterocycles. The van der Waals surface area contributed by atoms with Crippen LogP contribution in [0.3, 0.4) is 0 Å². The molecule has 1 aromatic heterocycles. The number of aromatic nitrogens is 1. The van der Waals surface area contributed by atoms with E-state index < -0.39 is 0 Å². The summed E-state index contributed by atoms with van der Waals surface area (Å²) >= 11 is 9.26. The van der Waals surface area contributed by atoms with Gasteiger partial charge in [0, 0.05) is 21.8 Å². The second-order valence-electron chi connectivity index (χ2n) is 3.95. The summed E-state index contributed by atoms with van der Waals surface area (Å²) < 4.78 is 2.44. The van der Waals surface area contributed by atoms with Gasteiger partial charge in [-0.2, -0.15) is 0 Å². The van der Waals surface area contributed by atoms with Crippen LogP contribution in [0, 0.1) is 6.92 Å². The highest BCUT2D eigenvalue weighted by molar-refractivity contribution is 9.10. The Balaban J connectivity index is 2.34. The highest BCUT2D eigenvalue weighted by Crippen LogP contribution is 2.15. The first-order chi connectivity index (χ1) is 8.04. The fraction of sp³-hybridized carbons (Fsp3) is 0.154. The van der Waals surface area contributed by atoms with Crippen LogP contribution in [0.4, 0.5) is 0 Å². The van der Waals surface area contributed by atoms with Gasteiger partial charge >= 0.3 is 0 Å². The van der Waals surface area contributed by atoms with Crippen LogP contribution >= 0.6 is 27.5 Å². The topological polar surface area (TPSA) is 22.0 Å². The number of rotatable bonds is 2. The minimum atomic E-state index is -0.0306. The van der Waals surface area contributed by atoms with Gasteiger partial charge in [-0.05, 0) is 36.2 Å². The molecule has 0 aliphatic carbocycles. The Kier molecular flexibility index (Phi) is 3.69. The summed E-state index contributed by atoms with van der Waals surface area (Å²) in [4.78, 5) is 11.7. The zero-order valence-corrected chi connectivity index (χ0v) is 11.6. The minimum Gasteiger partial charge on any atom is -0.311 e. The molecule has 1 aromatic carbocycles. The number of aryl methyl sites for hydroxylation is 1. The van der Waals surface area contributed by atoms with Crippen molar-refractivity contribution in [3.63, 3.8) is 0 Å². The molecule has 0 spiro atoms. The Hall–Kier alpha value is -1.06. The van der Waals surface area contributed by atoms with E-state index in [4.69, 9.17) is 11.6 Å². The van der Waals surface area contributed by atoms with Crippen molar-refractivity contribution in [2.45, 2.75) is 13.5 Å². The Morgan fingerprint density at radius 1 is 1.29 bits per heavy atom. The van der Waals surface area contributed by atoms with Gasteiger partial charge in [-0.3, -0.25) is 4.79 Å². The predicted octanol–water partition coefficient (Wildman–Crippen LogP) is 3.62. The third-order valence-electron chi connectivity index (χ3n) is 2.41. The molecule has 17 heavy (non-hydrogen) atoms. The zero-order chi connectivity index (χ0) is 12.4. The summed E-state index contributed by atoms with van der Waals surface area (Å²) in [5.41, 5.74) is 2.09. The summed E-state index contributed by atoms with van der Waals surface area (Å²) in [6.07, 6.45) is 1.77. The SMILES string of the molecule is Cc1cc(Cl)cc(Cn2ccc(Br)cc2=O)c1. The lowest BCUT2D eigenvalue weighted by Gasteiger charge is -2.07. The van der Waals surface area contributed by atoms with Crippen LogP contribution in [0.15, 0.2) is 45.8 Å². The van der Waals surface area contributed by atoms with E-state index in [9.17, 15) is 4.79 Å². The molecule has 0 aliphatic heterocycles. The number of pyridine rings is 1. The highest BCUT2D eigenvalue weighted by atomic mass is 79.9. The van der Waals surface area contributed by atoms with Crippen molar-refractivity contribution in [2.75, 3.05) is 0 Å². The average Bonchev–Trinajstić information content (AvgIpc) is 2.21. The largest absolute Gasteiger partial charge is 0.311 e. The maximum atomic E-state index is 11.7. The molecule has 0 aliphatic rings. The number of hydrogen-bond donors (Lipinski definition) is 0. The molecule has 0 saturated carbocycles. The third kappa shape index (κ3) is 3.20. The van der Waals surface area contributed by atoms with Crippen LogP contribution in [0.5, 0.6) is 0 Å². The Morgan fingerprint density at radius 3 is 2.71 bits per heavy atom. The molecular weight excluding hydrogens is 302 g/mol. The summed E-state index contributed by atoms with van der Waals surface area (Å²) in [6.45, 7) is 2.52. The van der Waals surface area contributed by atoms with Crippen molar-refractivity contribution >= 4 is 27.5 Å². The van der Waals surface area contributed by atoms with Crippen LogP contribution in [-0.4, -0.2) is 4.57 Å². The first-order valence-corrected chi connectivity index (χ1v) is 6.34. The zero-order valence-electron chi connectivity index (χ0n) is 9.28. The lowest BCUT2D eigenvalue weighted by Crippen LogP contribution is -2.18. The number of benzene rings is 1. The van der Waals surface area contributed by atoms with Gasteiger partial charge < -0.3 is 4.57 Å². The Bertz CT molecular complexity index is 586. The maximum absolute atomic E-state index is 11.7. The Labute approximate surface area is 113 Å². The fourth-order valence-corrected chi connectivity index (χ4v) is 2.34. The second-order valence-corrected chi connectivity index (χ2v) is 5.30. The summed E-state index contributed by atoms with van der Waals surface area (Å²) in [6, 6.07) is 9.20. The first-order valence-electron chi connectivity index (χ1n) is 5.17. The van der Waals surface area contributed by atoms with E-state index in [1.165, 1.54) is 0 Å². The molecule has 0 radical (unpaired) electrons. The molecule has 0 fully saturated rings. The van der Waals surface area contributed by atoms with E-state index in [2.05, 4.69) is 15.9 Å². The standard InChI is InChI=1S/C13H11BrClNO/c1-9-4-10(6-12(15)5-9)8-16-3-2-11(14)7-13(16)17/h2-7H,8H2,1H3. The third-order valence-corrected chi connectivity index (χ3v) is 3.12. The van der Waals surface area contributed by atoms with E-state index in [1.54, 1.807) is 16.8 Å². The number of halogens is 2. The fourth-order valence-electron chi connectivity index (χ4n) is 1.71. The molecule has 0 amide bonds. The predicted molar refractivity (Wildman–Crippen MR) is 73.7 cm³/mol. The van der Waals surface area contributed by atoms with E-state index in [1.807, 2.05) is 31.2 Å². The highest BCUT2D eigenvalue weighted by Gasteiger charge is 2.01. The lowest BCUT2D eigenvalue weighted by molar-refractivity contribution is 0.757. The van der Waals surface area contributed by atoms with Gasteiger partial charge in [0.1, 0.15) is 0 Å². The van der Waals surface area contributed by atoms with Crippen molar-refractivity contribution < 1.29 is 0 Å². The molecule has 0 N–H and O–H groups in total. The van der Waals surface area contributed by atoms with Crippen LogP contribution in [0.25, 0.3) is 0 Å². The van der Waals surface area contributed by atoms with Crippen LogP contribution in [0.1, 0.15) is 11.1 Å². The number of nitrogens with zero attached hydrogens (tertiary/aromatic N) is 1. The second kappa shape index (κ2) is 5.07. The molecule has 88 valence electrons. The molecule has 0 bridgehead atoms. The molecule has 2 aromatic rings. The molecule has 0 unspecified atom stereocenters. The average molecular weight is 313 g/mol. The van der Waals surface area contributed by atoms with Crippen LogP contribution in [-0.2, 0) is 6.54 Å². The smallest absolute Gasteiger partial charge is 0.251 e. The van der Waals surface area contributed by atoms with E-state index in [0.29, 0.717) is 11.6 Å². The van der Waals surface area contributed by atoms with E-state index >= 15 is 0 Å². The van der Waals surface area contributed by atoms with Gasteiger partial charge in [-0.25, -0.2) is 0 Å².